The first-order valence-corrected chi connectivity index (χ1v) is 9.26. The number of hydrogen-bond donors (Lipinski definition) is 1. The first kappa shape index (κ1) is 25.9. The van der Waals surface area contributed by atoms with Gasteiger partial charge in [-0.15, -0.1) is 0 Å². The fourth-order valence-electron chi connectivity index (χ4n) is 3.31. The van der Waals surface area contributed by atoms with Crippen molar-refractivity contribution >= 4 is 44.0 Å². The molecule has 3 rings (SSSR count). The summed E-state index contributed by atoms with van der Waals surface area (Å²) in [7, 11) is 0. The fourth-order valence-corrected chi connectivity index (χ4v) is 3.84. The second-order valence-electron chi connectivity index (χ2n) is 7.04. The first-order chi connectivity index (χ1) is 15.2. The minimum absolute atomic E-state index is 0.414. The van der Waals surface area contributed by atoms with Gasteiger partial charge in [0.1, 0.15) is 0 Å². The molecule has 0 aromatic heterocycles. The van der Waals surface area contributed by atoms with Crippen molar-refractivity contribution in [2.24, 2.45) is 0 Å². The Morgan fingerprint density at radius 1 is 0.794 bits per heavy atom. The van der Waals surface area contributed by atoms with E-state index in [-0.39, 0.29) is 0 Å². The summed E-state index contributed by atoms with van der Waals surface area (Å²) in [6.45, 7) is 0. The van der Waals surface area contributed by atoms with E-state index in [1.807, 2.05) is 0 Å². The highest BCUT2D eigenvalue weighted by molar-refractivity contribution is 9.10. The number of carbonyl (C=O) groups excluding carboxylic acids is 1. The number of rotatable bonds is 3. The molecular weight excluding hydrogens is 569 g/mol. The molecule has 0 heterocycles. The van der Waals surface area contributed by atoms with E-state index in [9.17, 15) is 63.2 Å². The number of benzene rings is 2. The van der Waals surface area contributed by atoms with Gasteiger partial charge in [-0.1, -0.05) is 18.2 Å². The third kappa shape index (κ3) is 2.75. The van der Waals surface area contributed by atoms with E-state index >= 15 is 0 Å². The highest BCUT2D eigenvalue weighted by Gasteiger charge is 3.02. The second-order valence-corrected chi connectivity index (χ2v) is 7.89. The van der Waals surface area contributed by atoms with Gasteiger partial charge in [0.2, 0.25) is 0 Å². The molecule has 1 aliphatic rings. The molecule has 5 nitrogen and oxygen atoms in total. The van der Waals surface area contributed by atoms with Crippen LogP contribution in [0.3, 0.4) is 0 Å². The Kier molecular flexibility index (Phi) is 5.44. The van der Waals surface area contributed by atoms with Gasteiger partial charge in [0.05, 0.1) is 16.0 Å². The van der Waals surface area contributed by atoms with Gasteiger partial charge in [-0.3, -0.25) is 14.9 Å². The summed E-state index contributed by atoms with van der Waals surface area (Å²) in [4.78, 5) is 22.4. The van der Waals surface area contributed by atoms with Crippen LogP contribution in [0.1, 0.15) is 0 Å². The van der Waals surface area contributed by atoms with E-state index in [0.29, 0.717) is 6.07 Å². The van der Waals surface area contributed by atoms with E-state index in [4.69, 9.17) is 0 Å². The molecule has 1 amide bonds. The van der Waals surface area contributed by atoms with Crippen molar-refractivity contribution in [2.75, 3.05) is 5.32 Å². The summed E-state index contributed by atoms with van der Waals surface area (Å²) in [6, 6.07) is 4.75. The maximum absolute atomic E-state index is 15.0. The third-order valence-corrected chi connectivity index (χ3v) is 5.79. The summed E-state index contributed by atoms with van der Waals surface area (Å²) < 4.78 is 152. The van der Waals surface area contributed by atoms with Crippen molar-refractivity contribution in [3.63, 3.8) is 0 Å². The molecule has 2 aromatic rings. The molecule has 0 atom stereocenters. The highest BCUT2D eigenvalue weighted by Crippen LogP contribution is 2.69. The minimum Gasteiger partial charge on any atom is -0.321 e. The van der Waals surface area contributed by atoms with Crippen LogP contribution in [0.5, 0.6) is 0 Å². The zero-order chi connectivity index (χ0) is 26.3. The average molecular weight is 575 g/mol. The van der Waals surface area contributed by atoms with Gasteiger partial charge in [-0.25, -0.2) is 4.39 Å². The molecule has 0 unspecified atom stereocenters. The molecule has 186 valence electrons. The van der Waals surface area contributed by atoms with Crippen LogP contribution >= 0.6 is 15.9 Å². The van der Waals surface area contributed by atoms with E-state index < -0.39 is 72.7 Å². The molecule has 0 saturated heterocycles. The maximum Gasteiger partial charge on any atom is 0.384 e. The number of alkyl halides is 11. The Labute approximate surface area is 188 Å². The van der Waals surface area contributed by atoms with Crippen molar-refractivity contribution < 1.29 is 58.0 Å². The molecule has 0 radical (unpaired) electrons. The van der Waals surface area contributed by atoms with Gasteiger partial charge in [0.25, 0.3) is 11.6 Å². The predicted octanol–water partition coefficient (Wildman–Crippen LogP) is 6.35. The molecule has 1 aliphatic carbocycles. The second kappa shape index (κ2) is 7.14. The zero-order valence-corrected chi connectivity index (χ0v) is 17.2. The van der Waals surface area contributed by atoms with Crippen molar-refractivity contribution in [3.05, 3.63) is 44.9 Å². The molecule has 0 aliphatic heterocycles. The first-order valence-electron chi connectivity index (χ1n) is 8.47. The molecule has 1 saturated carbocycles. The summed E-state index contributed by atoms with van der Waals surface area (Å²) >= 11 is 2.59. The number of non-ortho nitro benzene ring substituents is 1. The van der Waals surface area contributed by atoms with Crippen LogP contribution < -0.4 is 5.32 Å². The van der Waals surface area contributed by atoms with Crippen LogP contribution in [0.15, 0.2) is 34.8 Å². The lowest BCUT2D eigenvalue weighted by molar-refractivity contribution is -0.475. The number of anilines is 1. The lowest BCUT2D eigenvalue weighted by atomic mass is 9.71. The van der Waals surface area contributed by atoms with E-state index in [1.165, 1.54) is 6.07 Å². The number of nitro groups is 1. The largest absolute Gasteiger partial charge is 0.384 e. The number of fused-ring (bicyclic) bond motifs is 1. The Balaban J connectivity index is 2.26. The monoisotopic (exact) mass is 574 g/mol. The van der Waals surface area contributed by atoms with Gasteiger partial charge in [0, 0.05) is 15.9 Å². The van der Waals surface area contributed by atoms with Gasteiger partial charge in [-0.2, -0.15) is 43.9 Å². The van der Waals surface area contributed by atoms with Gasteiger partial charge >= 0.3 is 35.3 Å². The van der Waals surface area contributed by atoms with Crippen LogP contribution in [0.4, 0.5) is 59.7 Å². The lowest BCUT2D eigenvalue weighted by Crippen LogP contribution is -2.86. The van der Waals surface area contributed by atoms with E-state index in [0.717, 1.165) is 23.5 Å². The number of nitro benzene ring substituents is 1. The summed E-state index contributed by atoms with van der Waals surface area (Å²) in [5.41, 5.74) is -8.64. The van der Waals surface area contributed by atoms with Gasteiger partial charge < -0.3 is 5.32 Å². The molecule has 17 heteroatoms. The topological polar surface area (TPSA) is 72.2 Å². The molecular formula is C17H6BrF11N2O3. The van der Waals surface area contributed by atoms with Crippen molar-refractivity contribution in [2.45, 2.75) is 35.3 Å². The molecule has 1 N–H and O–H groups in total. The van der Waals surface area contributed by atoms with Crippen LogP contribution in [0, 0.1) is 10.1 Å². The van der Waals surface area contributed by atoms with Crippen LogP contribution in [-0.2, 0) is 4.79 Å². The smallest absolute Gasteiger partial charge is 0.321 e. The Bertz CT molecular complexity index is 1190. The Hall–Kier alpha value is -2.72. The van der Waals surface area contributed by atoms with E-state index in [1.54, 1.807) is 0 Å². The summed E-state index contributed by atoms with van der Waals surface area (Å²) in [6.07, 6.45) is 0. The maximum atomic E-state index is 15.0. The molecule has 2 aromatic carbocycles. The quantitative estimate of drug-likeness (QED) is 0.264. The minimum atomic E-state index is -7.47. The predicted molar refractivity (Wildman–Crippen MR) is 95.5 cm³/mol. The van der Waals surface area contributed by atoms with Crippen LogP contribution in [-0.4, -0.2) is 46.1 Å². The molecule has 0 bridgehead atoms. The van der Waals surface area contributed by atoms with Gasteiger partial charge in [0.15, 0.2) is 0 Å². The summed E-state index contributed by atoms with van der Waals surface area (Å²) in [5, 5.41) is 11.2. The van der Waals surface area contributed by atoms with Crippen LogP contribution in [0.2, 0.25) is 0 Å². The number of carbonyl (C=O) groups is 1. The number of amides is 1. The molecule has 34 heavy (non-hydrogen) atoms. The van der Waals surface area contributed by atoms with Crippen molar-refractivity contribution in [3.8, 4) is 0 Å². The number of hydrogen-bond acceptors (Lipinski definition) is 3. The number of nitrogens with one attached hydrogen (secondary N) is 1. The third-order valence-electron chi connectivity index (χ3n) is 5.17. The standard InChI is InChI=1S/C17H6BrF11N2O3/c18-8-5-9(31(33)34)6-3-1-2-4-7(6)10(8)30-11(32)12(19)13(20,21)15(24,25)17(28,29)16(26,27)14(12,22)23/h1-5H,(H,30,32). The van der Waals surface area contributed by atoms with Gasteiger partial charge in [-0.05, 0) is 22.0 Å². The molecule has 0 spiro atoms. The van der Waals surface area contributed by atoms with E-state index in [2.05, 4.69) is 15.9 Å². The Morgan fingerprint density at radius 2 is 1.21 bits per heavy atom. The number of nitrogens with zero attached hydrogens (tertiary/aromatic N) is 1. The van der Waals surface area contributed by atoms with Crippen molar-refractivity contribution in [1.82, 2.24) is 0 Å². The van der Waals surface area contributed by atoms with Crippen molar-refractivity contribution in [1.29, 1.82) is 0 Å². The number of halogens is 12. The Morgan fingerprint density at radius 3 is 1.65 bits per heavy atom. The lowest BCUT2D eigenvalue weighted by Gasteiger charge is -2.51. The normalized spacial score (nSPS) is 23.3. The SMILES string of the molecule is O=C(Nc1c(Br)cc([N+](=O)[O-])c2ccccc12)C1(F)C(F)(F)C(F)(F)C(F)(F)C(F)(F)C1(F)F. The highest BCUT2D eigenvalue weighted by atomic mass is 79.9. The fraction of sp³-hybridized carbons (Fsp3) is 0.353. The zero-order valence-electron chi connectivity index (χ0n) is 15.6. The summed E-state index contributed by atoms with van der Waals surface area (Å²) in [5.74, 6) is -40.6. The average Bonchev–Trinajstić information content (AvgIpc) is 2.72. The molecule has 1 fully saturated rings. The van der Waals surface area contributed by atoms with Crippen LogP contribution in [0.25, 0.3) is 10.8 Å².